The van der Waals surface area contributed by atoms with Crippen molar-refractivity contribution in [2.24, 2.45) is 11.3 Å². The Kier molecular flexibility index (Phi) is 5.14. The Bertz CT molecular complexity index is 220. The molecule has 0 bridgehead atoms. The second-order valence-electron chi connectivity index (χ2n) is 3.59. The molecule has 1 unspecified atom stereocenters. The maximum atomic E-state index is 9.09. The summed E-state index contributed by atoms with van der Waals surface area (Å²) in [4.78, 5) is 0. The number of nitrogens with zero attached hydrogens (tertiary/aromatic N) is 1. The maximum Gasteiger partial charge on any atom is 0.0807 e. The molecule has 0 aliphatic carbocycles. The standard InChI is InChI=1S/C12H19N/c1-5-7-8-9-12(6-2,10-13)11(3)4/h6-8,11H,2,5,9H2,1,3-4H3. The summed E-state index contributed by atoms with van der Waals surface area (Å²) in [5.74, 6) is 0.316. The summed E-state index contributed by atoms with van der Waals surface area (Å²) in [6.45, 7) is 9.96. The molecule has 0 spiro atoms. The Labute approximate surface area is 81.8 Å². The molecule has 1 nitrogen and oxygen atoms in total. The lowest BCUT2D eigenvalue weighted by molar-refractivity contribution is 0.362. The van der Waals surface area contributed by atoms with Gasteiger partial charge in [0.2, 0.25) is 0 Å². The van der Waals surface area contributed by atoms with E-state index in [9.17, 15) is 0 Å². The van der Waals surface area contributed by atoms with Gasteiger partial charge in [0.05, 0.1) is 11.5 Å². The first-order valence-corrected chi connectivity index (χ1v) is 4.82. The molecule has 0 saturated carbocycles. The topological polar surface area (TPSA) is 23.8 Å². The Balaban J connectivity index is 4.51. The van der Waals surface area contributed by atoms with E-state index in [1.807, 2.05) is 0 Å². The van der Waals surface area contributed by atoms with Gasteiger partial charge in [-0.3, -0.25) is 0 Å². The highest BCUT2D eigenvalue weighted by molar-refractivity contribution is 5.14. The average molecular weight is 177 g/mol. The zero-order valence-corrected chi connectivity index (χ0v) is 8.88. The van der Waals surface area contributed by atoms with Gasteiger partial charge in [-0.05, 0) is 18.8 Å². The van der Waals surface area contributed by atoms with Crippen LogP contribution in [-0.4, -0.2) is 0 Å². The number of hydrogen-bond acceptors (Lipinski definition) is 1. The van der Waals surface area contributed by atoms with E-state index in [2.05, 4.69) is 45.6 Å². The van der Waals surface area contributed by atoms with Crippen molar-refractivity contribution in [2.75, 3.05) is 0 Å². The highest BCUT2D eigenvalue weighted by atomic mass is 14.4. The number of rotatable bonds is 5. The van der Waals surface area contributed by atoms with Crippen molar-refractivity contribution < 1.29 is 0 Å². The highest BCUT2D eigenvalue weighted by Gasteiger charge is 2.28. The van der Waals surface area contributed by atoms with Crippen LogP contribution in [0.25, 0.3) is 0 Å². The molecule has 0 N–H and O–H groups in total. The molecular weight excluding hydrogens is 158 g/mol. The van der Waals surface area contributed by atoms with Crippen molar-refractivity contribution in [3.8, 4) is 6.07 Å². The van der Waals surface area contributed by atoms with Gasteiger partial charge in [-0.2, -0.15) is 5.26 Å². The first-order chi connectivity index (χ1) is 6.13. The average Bonchev–Trinajstić information content (AvgIpc) is 2.13. The van der Waals surface area contributed by atoms with E-state index >= 15 is 0 Å². The van der Waals surface area contributed by atoms with Gasteiger partial charge in [0, 0.05) is 0 Å². The SMILES string of the molecule is C=CC(C#N)(CC=CCC)C(C)C. The largest absolute Gasteiger partial charge is 0.197 e. The first-order valence-electron chi connectivity index (χ1n) is 4.82. The van der Waals surface area contributed by atoms with E-state index in [1.54, 1.807) is 6.08 Å². The Morgan fingerprint density at radius 3 is 2.38 bits per heavy atom. The van der Waals surface area contributed by atoms with Crippen LogP contribution in [0.4, 0.5) is 0 Å². The molecule has 13 heavy (non-hydrogen) atoms. The first kappa shape index (κ1) is 12.0. The van der Waals surface area contributed by atoms with Crippen molar-refractivity contribution >= 4 is 0 Å². The molecule has 0 rings (SSSR count). The van der Waals surface area contributed by atoms with Gasteiger partial charge in [0.15, 0.2) is 0 Å². The predicted molar refractivity (Wildman–Crippen MR) is 57.1 cm³/mol. The summed E-state index contributed by atoms with van der Waals surface area (Å²) in [7, 11) is 0. The number of allylic oxidation sites excluding steroid dienone is 3. The molecule has 0 radical (unpaired) electrons. The van der Waals surface area contributed by atoms with Crippen LogP contribution in [0.5, 0.6) is 0 Å². The molecule has 0 fully saturated rings. The third-order valence-corrected chi connectivity index (χ3v) is 2.46. The molecular formula is C12H19N. The van der Waals surface area contributed by atoms with Crippen molar-refractivity contribution in [3.63, 3.8) is 0 Å². The zero-order valence-electron chi connectivity index (χ0n) is 8.88. The minimum absolute atomic E-state index is 0.316. The van der Waals surface area contributed by atoms with Crippen molar-refractivity contribution in [3.05, 3.63) is 24.8 Å². The quantitative estimate of drug-likeness (QED) is 0.587. The van der Waals surface area contributed by atoms with E-state index in [-0.39, 0.29) is 5.41 Å². The molecule has 0 amide bonds. The molecule has 0 saturated heterocycles. The molecule has 0 aromatic heterocycles. The normalized spacial score (nSPS) is 15.6. The van der Waals surface area contributed by atoms with Gasteiger partial charge >= 0.3 is 0 Å². The third kappa shape index (κ3) is 3.06. The van der Waals surface area contributed by atoms with Gasteiger partial charge in [0.25, 0.3) is 0 Å². The molecule has 0 heterocycles. The molecule has 0 aromatic carbocycles. The summed E-state index contributed by atoms with van der Waals surface area (Å²) >= 11 is 0. The monoisotopic (exact) mass is 177 g/mol. The van der Waals surface area contributed by atoms with Crippen molar-refractivity contribution in [2.45, 2.75) is 33.6 Å². The molecule has 72 valence electrons. The van der Waals surface area contributed by atoms with E-state index in [0.717, 1.165) is 12.8 Å². The summed E-state index contributed by atoms with van der Waals surface area (Å²) in [6, 6.07) is 2.35. The summed E-state index contributed by atoms with van der Waals surface area (Å²) in [5.41, 5.74) is -0.383. The lowest BCUT2D eigenvalue weighted by atomic mass is 9.76. The molecule has 1 atom stereocenters. The van der Waals surface area contributed by atoms with Crippen molar-refractivity contribution in [1.29, 1.82) is 5.26 Å². The van der Waals surface area contributed by atoms with Crippen LogP contribution in [0.2, 0.25) is 0 Å². The summed E-state index contributed by atoms with van der Waals surface area (Å²) < 4.78 is 0. The van der Waals surface area contributed by atoms with E-state index < -0.39 is 0 Å². The van der Waals surface area contributed by atoms with Crippen LogP contribution in [0.15, 0.2) is 24.8 Å². The van der Waals surface area contributed by atoms with Gasteiger partial charge < -0.3 is 0 Å². The molecule has 0 aliphatic rings. The molecule has 0 aromatic rings. The Morgan fingerprint density at radius 1 is 1.46 bits per heavy atom. The zero-order chi connectivity index (χ0) is 10.3. The molecule has 0 aliphatic heterocycles. The van der Waals surface area contributed by atoms with Crippen molar-refractivity contribution in [1.82, 2.24) is 0 Å². The van der Waals surface area contributed by atoms with Crippen LogP contribution in [0, 0.1) is 22.7 Å². The fourth-order valence-electron chi connectivity index (χ4n) is 1.22. The van der Waals surface area contributed by atoms with Crippen LogP contribution < -0.4 is 0 Å². The molecule has 1 heteroatoms. The fraction of sp³-hybridized carbons (Fsp3) is 0.583. The minimum Gasteiger partial charge on any atom is -0.197 e. The van der Waals surface area contributed by atoms with E-state index in [1.165, 1.54) is 0 Å². The van der Waals surface area contributed by atoms with Gasteiger partial charge in [-0.25, -0.2) is 0 Å². The van der Waals surface area contributed by atoms with Gasteiger partial charge in [-0.15, -0.1) is 6.58 Å². The van der Waals surface area contributed by atoms with E-state index in [4.69, 9.17) is 5.26 Å². The van der Waals surface area contributed by atoms with Gasteiger partial charge in [0.1, 0.15) is 0 Å². The summed E-state index contributed by atoms with van der Waals surface area (Å²) in [6.07, 6.45) is 7.75. The number of nitriles is 1. The Hall–Kier alpha value is -1.03. The predicted octanol–water partition coefficient (Wildman–Crippen LogP) is 3.69. The van der Waals surface area contributed by atoms with E-state index in [0.29, 0.717) is 5.92 Å². The van der Waals surface area contributed by atoms with Crippen LogP contribution in [-0.2, 0) is 0 Å². The number of hydrogen-bond donors (Lipinski definition) is 0. The van der Waals surface area contributed by atoms with Crippen LogP contribution in [0.1, 0.15) is 33.6 Å². The maximum absolute atomic E-state index is 9.09. The van der Waals surface area contributed by atoms with Gasteiger partial charge in [-0.1, -0.05) is 39.0 Å². The third-order valence-electron chi connectivity index (χ3n) is 2.46. The van der Waals surface area contributed by atoms with Crippen LogP contribution >= 0.6 is 0 Å². The van der Waals surface area contributed by atoms with Crippen LogP contribution in [0.3, 0.4) is 0 Å². The summed E-state index contributed by atoms with van der Waals surface area (Å²) in [5, 5.41) is 9.09. The second-order valence-corrected chi connectivity index (χ2v) is 3.59. The second kappa shape index (κ2) is 5.59. The lowest BCUT2D eigenvalue weighted by Crippen LogP contribution is -2.21. The Morgan fingerprint density at radius 2 is 2.08 bits per heavy atom. The lowest BCUT2D eigenvalue weighted by Gasteiger charge is -2.25. The minimum atomic E-state index is -0.383. The fourth-order valence-corrected chi connectivity index (χ4v) is 1.22. The highest BCUT2D eigenvalue weighted by Crippen LogP contribution is 2.32. The smallest absolute Gasteiger partial charge is 0.0807 e.